The van der Waals surface area contributed by atoms with Gasteiger partial charge in [-0.15, -0.1) is 0 Å². The quantitative estimate of drug-likeness (QED) is 0.597. The van der Waals surface area contributed by atoms with Gasteiger partial charge in [0.05, 0.1) is 18.5 Å². The number of hydrogen-bond donors (Lipinski definition) is 1. The number of nitrogens with zero attached hydrogens (tertiary/aromatic N) is 1. The van der Waals surface area contributed by atoms with Crippen molar-refractivity contribution in [1.82, 2.24) is 5.32 Å². The molecular formula is C21H27FN2O4S. The standard InChI is InChI=1S/C21H27FN2O4S/c1-16-10-11-18(15-17(16)2)28-14-12-23-21(25)9-6-13-24(29(3,26)27)20-8-5-4-7-19(20)22/h4-5,7-8,10-11,15H,6,9,12-14H2,1-3H3,(H,23,25). The first-order valence-electron chi connectivity index (χ1n) is 9.37. The summed E-state index contributed by atoms with van der Waals surface area (Å²) in [5, 5.41) is 2.74. The maximum Gasteiger partial charge on any atom is 0.232 e. The summed E-state index contributed by atoms with van der Waals surface area (Å²) in [6.45, 7) is 4.72. The van der Waals surface area contributed by atoms with Crippen molar-refractivity contribution in [2.45, 2.75) is 26.7 Å². The second-order valence-corrected chi connectivity index (χ2v) is 8.74. The predicted molar refractivity (Wildman–Crippen MR) is 112 cm³/mol. The number of nitrogens with one attached hydrogen (secondary N) is 1. The topological polar surface area (TPSA) is 75.7 Å². The van der Waals surface area contributed by atoms with Gasteiger partial charge in [0.1, 0.15) is 18.2 Å². The smallest absolute Gasteiger partial charge is 0.232 e. The molecule has 0 radical (unpaired) electrons. The molecule has 0 aliphatic heterocycles. The summed E-state index contributed by atoms with van der Waals surface area (Å²) in [5.41, 5.74) is 2.30. The second-order valence-electron chi connectivity index (χ2n) is 6.83. The van der Waals surface area contributed by atoms with E-state index >= 15 is 0 Å². The number of ether oxygens (including phenoxy) is 1. The van der Waals surface area contributed by atoms with Crippen molar-refractivity contribution in [3.8, 4) is 5.75 Å². The molecule has 2 aromatic rings. The van der Waals surface area contributed by atoms with Crippen molar-refractivity contribution in [3.63, 3.8) is 0 Å². The Kier molecular flexibility index (Phi) is 8.01. The maximum absolute atomic E-state index is 13.9. The number of sulfonamides is 1. The van der Waals surface area contributed by atoms with E-state index in [2.05, 4.69) is 5.32 Å². The van der Waals surface area contributed by atoms with Crippen LogP contribution in [0.15, 0.2) is 42.5 Å². The average molecular weight is 423 g/mol. The summed E-state index contributed by atoms with van der Waals surface area (Å²) >= 11 is 0. The van der Waals surface area contributed by atoms with Crippen molar-refractivity contribution in [2.75, 3.05) is 30.3 Å². The van der Waals surface area contributed by atoms with Crippen LogP contribution < -0.4 is 14.4 Å². The molecule has 0 spiro atoms. The van der Waals surface area contributed by atoms with E-state index in [-0.39, 0.29) is 31.0 Å². The summed E-state index contributed by atoms with van der Waals surface area (Å²) in [5.74, 6) is -0.0856. The van der Waals surface area contributed by atoms with Crippen LogP contribution in [0.25, 0.3) is 0 Å². The Morgan fingerprint density at radius 1 is 1.14 bits per heavy atom. The third-order valence-corrected chi connectivity index (χ3v) is 5.64. The molecular weight excluding hydrogens is 395 g/mol. The van der Waals surface area contributed by atoms with E-state index in [0.717, 1.165) is 21.9 Å². The van der Waals surface area contributed by atoms with Crippen LogP contribution in [-0.2, 0) is 14.8 Å². The van der Waals surface area contributed by atoms with Gasteiger partial charge in [0, 0.05) is 13.0 Å². The number of hydrogen-bond acceptors (Lipinski definition) is 4. The van der Waals surface area contributed by atoms with Crippen LogP contribution in [0.1, 0.15) is 24.0 Å². The van der Waals surface area contributed by atoms with Crippen LogP contribution in [0.4, 0.5) is 10.1 Å². The van der Waals surface area contributed by atoms with Crippen LogP contribution in [0.2, 0.25) is 0 Å². The van der Waals surface area contributed by atoms with E-state index in [0.29, 0.717) is 13.2 Å². The second kappa shape index (κ2) is 10.2. The zero-order chi connectivity index (χ0) is 21.4. The minimum absolute atomic E-state index is 0.0165. The van der Waals surface area contributed by atoms with Gasteiger partial charge in [0.15, 0.2) is 0 Å². The summed E-state index contributed by atoms with van der Waals surface area (Å²) in [6, 6.07) is 11.5. The van der Waals surface area contributed by atoms with Gasteiger partial charge >= 0.3 is 0 Å². The molecule has 2 aromatic carbocycles. The number of benzene rings is 2. The molecule has 1 N–H and O–H groups in total. The first-order chi connectivity index (χ1) is 13.7. The summed E-state index contributed by atoms with van der Waals surface area (Å²) in [4.78, 5) is 12.0. The van der Waals surface area contributed by atoms with Crippen molar-refractivity contribution < 1.29 is 22.3 Å². The highest BCUT2D eigenvalue weighted by molar-refractivity contribution is 7.92. The lowest BCUT2D eigenvalue weighted by Gasteiger charge is -2.22. The highest BCUT2D eigenvalue weighted by Gasteiger charge is 2.20. The molecule has 0 aliphatic carbocycles. The van der Waals surface area contributed by atoms with Crippen LogP contribution in [0.3, 0.4) is 0 Å². The number of amides is 1. The Balaban J connectivity index is 1.76. The Hall–Kier alpha value is -2.61. The number of anilines is 1. The first-order valence-corrected chi connectivity index (χ1v) is 11.2. The zero-order valence-electron chi connectivity index (χ0n) is 16.9. The molecule has 0 saturated carbocycles. The van der Waals surface area contributed by atoms with Gasteiger partial charge in [-0.25, -0.2) is 12.8 Å². The normalized spacial score (nSPS) is 11.2. The van der Waals surface area contributed by atoms with E-state index in [1.807, 2.05) is 32.0 Å². The van der Waals surface area contributed by atoms with Crippen molar-refractivity contribution in [3.05, 3.63) is 59.4 Å². The number of rotatable bonds is 10. The van der Waals surface area contributed by atoms with Gasteiger partial charge < -0.3 is 10.1 Å². The third-order valence-electron chi connectivity index (χ3n) is 4.46. The molecule has 0 bridgehead atoms. The molecule has 158 valence electrons. The van der Waals surface area contributed by atoms with Crippen molar-refractivity contribution in [1.29, 1.82) is 0 Å². The highest BCUT2D eigenvalue weighted by atomic mass is 32.2. The molecule has 0 unspecified atom stereocenters. The number of carbonyl (C=O) groups is 1. The Morgan fingerprint density at radius 2 is 1.86 bits per heavy atom. The molecule has 2 rings (SSSR count). The summed E-state index contributed by atoms with van der Waals surface area (Å²) < 4.78 is 44.5. The SMILES string of the molecule is Cc1ccc(OCCNC(=O)CCCN(c2ccccc2F)S(C)(=O)=O)cc1C. The van der Waals surface area contributed by atoms with E-state index in [4.69, 9.17) is 4.74 Å². The van der Waals surface area contributed by atoms with Crippen LogP contribution in [0, 0.1) is 19.7 Å². The molecule has 0 aliphatic rings. The fraction of sp³-hybridized carbons (Fsp3) is 0.381. The maximum atomic E-state index is 13.9. The minimum Gasteiger partial charge on any atom is -0.492 e. The number of halogens is 1. The van der Waals surface area contributed by atoms with Crippen LogP contribution in [0.5, 0.6) is 5.75 Å². The van der Waals surface area contributed by atoms with E-state index in [1.165, 1.54) is 23.8 Å². The zero-order valence-corrected chi connectivity index (χ0v) is 17.8. The Labute approximate surface area is 171 Å². The van der Waals surface area contributed by atoms with Crippen LogP contribution in [-0.4, -0.2) is 40.3 Å². The lowest BCUT2D eigenvalue weighted by molar-refractivity contribution is -0.121. The van der Waals surface area contributed by atoms with Gasteiger partial charge in [-0.3, -0.25) is 9.10 Å². The Bertz CT molecular complexity index is 947. The lowest BCUT2D eigenvalue weighted by Crippen LogP contribution is -2.33. The molecule has 8 heteroatoms. The van der Waals surface area contributed by atoms with E-state index in [1.54, 1.807) is 6.07 Å². The van der Waals surface area contributed by atoms with Gasteiger partial charge in [-0.2, -0.15) is 0 Å². The molecule has 1 amide bonds. The monoisotopic (exact) mass is 422 g/mol. The lowest BCUT2D eigenvalue weighted by atomic mass is 10.1. The third kappa shape index (κ3) is 7.05. The van der Waals surface area contributed by atoms with Gasteiger partial charge in [-0.05, 0) is 55.7 Å². The predicted octanol–water partition coefficient (Wildman–Crippen LogP) is 3.18. The average Bonchev–Trinajstić information content (AvgIpc) is 2.65. The minimum atomic E-state index is -3.65. The molecule has 6 nitrogen and oxygen atoms in total. The number of carbonyl (C=O) groups excluding carboxylic acids is 1. The Morgan fingerprint density at radius 3 is 2.52 bits per heavy atom. The first kappa shape index (κ1) is 22.7. The molecule has 0 atom stereocenters. The van der Waals surface area contributed by atoms with E-state index < -0.39 is 15.8 Å². The fourth-order valence-electron chi connectivity index (χ4n) is 2.75. The highest BCUT2D eigenvalue weighted by Crippen LogP contribution is 2.21. The van der Waals surface area contributed by atoms with Gasteiger partial charge in [-0.1, -0.05) is 18.2 Å². The van der Waals surface area contributed by atoms with Crippen molar-refractivity contribution >= 4 is 21.6 Å². The van der Waals surface area contributed by atoms with Crippen LogP contribution >= 0.6 is 0 Å². The summed E-state index contributed by atoms with van der Waals surface area (Å²) in [7, 11) is -3.65. The number of aryl methyl sites for hydroxylation is 2. The number of para-hydroxylation sites is 1. The molecule has 0 saturated heterocycles. The largest absolute Gasteiger partial charge is 0.492 e. The van der Waals surface area contributed by atoms with Crippen molar-refractivity contribution in [2.24, 2.45) is 0 Å². The van der Waals surface area contributed by atoms with E-state index in [9.17, 15) is 17.6 Å². The molecule has 0 fully saturated rings. The van der Waals surface area contributed by atoms with Gasteiger partial charge in [0.25, 0.3) is 0 Å². The van der Waals surface area contributed by atoms with Gasteiger partial charge in [0.2, 0.25) is 15.9 Å². The molecule has 0 aromatic heterocycles. The summed E-state index contributed by atoms with van der Waals surface area (Å²) in [6.07, 6.45) is 1.42. The molecule has 0 heterocycles. The molecule has 29 heavy (non-hydrogen) atoms. The fourth-order valence-corrected chi connectivity index (χ4v) is 3.72.